The Bertz CT molecular complexity index is 562. The molecule has 0 saturated heterocycles. The Balaban J connectivity index is 2.39. The van der Waals surface area contributed by atoms with E-state index in [1.807, 2.05) is 0 Å². The van der Waals surface area contributed by atoms with Crippen LogP contribution in [0.4, 0.5) is 0 Å². The summed E-state index contributed by atoms with van der Waals surface area (Å²) in [5.41, 5.74) is 1.25. The maximum atomic E-state index is 11.6. The van der Waals surface area contributed by atoms with Gasteiger partial charge in [-0.25, -0.2) is 0 Å². The zero-order chi connectivity index (χ0) is 13.7. The molecule has 3 heteroatoms. The fourth-order valence-corrected chi connectivity index (χ4v) is 3.13. The van der Waals surface area contributed by atoms with Gasteiger partial charge in [0.15, 0.2) is 0 Å². The molecule has 1 N–H and O–H groups in total. The zero-order valence-corrected chi connectivity index (χ0v) is 12.4. The molecule has 0 aliphatic carbocycles. The molecule has 2 nitrogen and oxygen atoms in total. The standard InChI is InChI=1S/C16H21NOS/c1-3-11-17-16(12-19(2)18)15-10-6-8-13-7-4-5-9-14(13)15/h4-10,16-17H,3,11-12H2,1-2H3. The Kier molecular flexibility index (Phi) is 5.11. The van der Waals surface area contributed by atoms with E-state index >= 15 is 0 Å². The highest BCUT2D eigenvalue weighted by Crippen LogP contribution is 2.24. The monoisotopic (exact) mass is 275 g/mol. The molecule has 2 atom stereocenters. The van der Waals surface area contributed by atoms with Crippen LogP contribution in [0.5, 0.6) is 0 Å². The molecule has 0 fully saturated rings. The summed E-state index contributed by atoms with van der Waals surface area (Å²) in [6.45, 7) is 3.10. The van der Waals surface area contributed by atoms with Crippen LogP contribution in [0.3, 0.4) is 0 Å². The van der Waals surface area contributed by atoms with Gasteiger partial charge in [-0.2, -0.15) is 0 Å². The summed E-state index contributed by atoms with van der Waals surface area (Å²) in [5, 5.41) is 6.01. The normalized spacial score (nSPS) is 14.4. The van der Waals surface area contributed by atoms with Gasteiger partial charge >= 0.3 is 0 Å². The lowest BCUT2D eigenvalue weighted by molar-refractivity contribution is 0.573. The van der Waals surface area contributed by atoms with E-state index in [9.17, 15) is 4.21 Å². The van der Waals surface area contributed by atoms with Crippen molar-refractivity contribution in [2.75, 3.05) is 18.6 Å². The molecule has 102 valence electrons. The summed E-state index contributed by atoms with van der Waals surface area (Å²) in [7, 11) is -0.805. The predicted octanol–water partition coefficient (Wildman–Crippen LogP) is 3.26. The van der Waals surface area contributed by atoms with Gasteiger partial charge in [0, 0.05) is 28.9 Å². The minimum Gasteiger partial charge on any atom is -0.309 e. The summed E-state index contributed by atoms with van der Waals surface area (Å²) in [4.78, 5) is 0. The minimum atomic E-state index is -0.805. The average molecular weight is 275 g/mol. The highest BCUT2D eigenvalue weighted by atomic mass is 32.2. The van der Waals surface area contributed by atoms with Gasteiger partial charge in [-0.1, -0.05) is 49.4 Å². The van der Waals surface area contributed by atoms with Crippen LogP contribution in [-0.4, -0.2) is 22.8 Å². The largest absolute Gasteiger partial charge is 0.309 e. The van der Waals surface area contributed by atoms with Gasteiger partial charge in [-0.05, 0) is 29.3 Å². The fraction of sp³-hybridized carbons (Fsp3) is 0.375. The lowest BCUT2D eigenvalue weighted by Gasteiger charge is -2.19. The Labute approximate surface area is 117 Å². The van der Waals surface area contributed by atoms with Crippen LogP contribution in [-0.2, 0) is 10.8 Å². The molecule has 2 rings (SSSR count). The van der Waals surface area contributed by atoms with Gasteiger partial charge in [0.05, 0.1) is 0 Å². The second kappa shape index (κ2) is 6.83. The summed E-state index contributed by atoms with van der Waals surface area (Å²) >= 11 is 0. The number of nitrogens with one attached hydrogen (secondary N) is 1. The van der Waals surface area contributed by atoms with Gasteiger partial charge in [0.1, 0.15) is 0 Å². The molecular formula is C16H21NOS. The van der Waals surface area contributed by atoms with Crippen LogP contribution >= 0.6 is 0 Å². The molecule has 0 radical (unpaired) electrons. The van der Waals surface area contributed by atoms with E-state index < -0.39 is 10.8 Å². The van der Waals surface area contributed by atoms with Crippen molar-refractivity contribution in [3.05, 3.63) is 48.0 Å². The van der Waals surface area contributed by atoms with Crippen LogP contribution in [0.2, 0.25) is 0 Å². The van der Waals surface area contributed by atoms with Gasteiger partial charge in [-0.15, -0.1) is 0 Å². The first kappa shape index (κ1) is 14.2. The highest BCUT2D eigenvalue weighted by molar-refractivity contribution is 7.84. The summed E-state index contributed by atoms with van der Waals surface area (Å²) in [6, 6.07) is 14.9. The third-order valence-corrected chi connectivity index (χ3v) is 4.04. The first-order valence-corrected chi connectivity index (χ1v) is 8.46. The van der Waals surface area contributed by atoms with Gasteiger partial charge in [0.25, 0.3) is 0 Å². The SMILES string of the molecule is CCCNC(CS(C)=O)c1cccc2ccccc12. The van der Waals surface area contributed by atoms with Crippen LogP contribution < -0.4 is 5.32 Å². The molecule has 2 unspecified atom stereocenters. The first-order chi connectivity index (χ1) is 9.22. The van der Waals surface area contributed by atoms with Crippen LogP contribution in [0, 0.1) is 0 Å². The number of hydrogen-bond donors (Lipinski definition) is 1. The molecule has 0 aromatic heterocycles. The lowest BCUT2D eigenvalue weighted by Crippen LogP contribution is -2.27. The Morgan fingerprint density at radius 2 is 1.89 bits per heavy atom. The van der Waals surface area contributed by atoms with Crippen LogP contribution in [0.1, 0.15) is 24.9 Å². The maximum Gasteiger partial charge on any atom is 0.0442 e. The molecule has 0 heterocycles. The molecule has 2 aromatic rings. The molecule has 0 saturated carbocycles. The topological polar surface area (TPSA) is 29.1 Å². The molecule has 0 amide bonds. The third kappa shape index (κ3) is 3.64. The third-order valence-electron chi connectivity index (χ3n) is 3.24. The smallest absolute Gasteiger partial charge is 0.0442 e. The Morgan fingerprint density at radius 3 is 2.63 bits per heavy atom. The predicted molar refractivity (Wildman–Crippen MR) is 83.9 cm³/mol. The van der Waals surface area contributed by atoms with Crippen molar-refractivity contribution in [3.8, 4) is 0 Å². The van der Waals surface area contributed by atoms with Crippen LogP contribution in [0.15, 0.2) is 42.5 Å². The number of fused-ring (bicyclic) bond motifs is 1. The van der Waals surface area contributed by atoms with Gasteiger partial charge in [-0.3, -0.25) is 4.21 Å². The van der Waals surface area contributed by atoms with Crippen molar-refractivity contribution in [2.45, 2.75) is 19.4 Å². The lowest BCUT2D eigenvalue weighted by atomic mass is 9.99. The molecule has 2 aromatic carbocycles. The average Bonchev–Trinajstić information content (AvgIpc) is 2.42. The second-order valence-electron chi connectivity index (χ2n) is 4.81. The Morgan fingerprint density at radius 1 is 1.16 bits per heavy atom. The molecule has 0 bridgehead atoms. The van der Waals surface area contributed by atoms with Crippen molar-refractivity contribution in [2.24, 2.45) is 0 Å². The summed E-state index contributed by atoms with van der Waals surface area (Å²) < 4.78 is 11.6. The van der Waals surface area contributed by atoms with Crippen molar-refractivity contribution in [1.82, 2.24) is 5.32 Å². The molecule has 19 heavy (non-hydrogen) atoms. The quantitative estimate of drug-likeness (QED) is 0.876. The molecule has 0 aliphatic rings. The van der Waals surface area contributed by atoms with Crippen molar-refractivity contribution in [3.63, 3.8) is 0 Å². The van der Waals surface area contributed by atoms with Crippen LogP contribution in [0.25, 0.3) is 10.8 Å². The van der Waals surface area contributed by atoms with E-state index in [1.54, 1.807) is 6.26 Å². The first-order valence-electron chi connectivity index (χ1n) is 6.73. The van der Waals surface area contributed by atoms with Crippen molar-refractivity contribution in [1.29, 1.82) is 0 Å². The summed E-state index contributed by atoms with van der Waals surface area (Å²) in [5.74, 6) is 0.661. The molecule has 0 spiro atoms. The van der Waals surface area contributed by atoms with E-state index in [4.69, 9.17) is 0 Å². The fourth-order valence-electron chi connectivity index (χ4n) is 2.37. The maximum absolute atomic E-state index is 11.6. The Hall–Kier alpha value is -1.19. The van der Waals surface area contributed by atoms with Crippen molar-refractivity contribution < 1.29 is 4.21 Å². The van der Waals surface area contributed by atoms with E-state index in [-0.39, 0.29) is 6.04 Å². The minimum absolute atomic E-state index is 0.164. The number of hydrogen-bond acceptors (Lipinski definition) is 2. The molecule has 0 aliphatic heterocycles. The summed E-state index contributed by atoms with van der Waals surface area (Å²) in [6.07, 6.45) is 2.85. The molecular weight excluding hydrogens is 254 g/mol. The second-order valence-corrected chi connectivity index (χ2v) is 6.29. The number of benzene rings is 2. The van der Waals surface area contributed by atoms with Gasteiger partial charge < -0.3 is 5.32 Å². The van der Waals surface area contributed by atoms with Crippen molar-refractivity contribution >= 4 is 21.6 Å². The van der Waals surface area contributed by atoms with Gasteiger partial charge in [0.2, 0.25) is 0 Å². The van der Waals surface area contributed by atoms with E-state index in [2.05, 4.69) is 54.7 Å². The van der Waals surface area contributed by atoms with E-state index in [0.717, 1.165) is 13.0 Å². The highest BCUT2D eigenvalue weighted by Gasteiger charge is 2.14. The number of rotatable bonds is 6. The van der Waals surface area contributed by atoms with E-state index in [0.29, 0.717) is 5.75 Å². The van der Waals surface area contributed by atoms with E-state index in [1.165, 1.54) is 16.3 Å². The zero-order valence-electron chi connectivity index (χ0n) is 11.6.